The Kier molecular flexibility index (Phi) is 3.81. The lowest BCUT2D eigenvalue weighted by Crippen LogP contribution is -2.37. The van der Waals surface area contributed by atoms with E-state index in [1.54, 1.807) is 6.92 Å². The number of amides is 1. The standard InChI is InChI=1S/C14H14N2O3/c1-2-19-14(18)12-11(9-6-4-3-5-7-9)10(8-15)13(17)16-12/h3-7,10-12H,2H2,1H3,(H,16,17)/t10-,11+,12+/m0/s1. The first-order chi connectivity index (χ1) is 9.19. The van der Waals surface area contributed by atoms with Crippen LogP contribution in [0.3, 0.4) is 0 Å². The number of nitrogens with zero attached hydrogens (tertiary/aromatic N) is 1. The summed E-state index contributed by atoms with van der Waals surface area (Å²) in [5.74, 6) is -2.29. The summed E-state index contributed by atoms with van der Waals surface area (Å²) in [5.41, 5.74) is 0.783. The highest BCUT2D eigenvalue weighted by molar-refractivity contribution is 5.93. The van der Waals surface area contributed by atoms with Gasteiger partial charge in [-0.15, -0.1) is 0 Å². The average molecular weight is 258 g/mol. The fraction of sp³-hybridized carbons (Fsp3) is 0.357. The van der Waals surface area contributed by atoms with Crippen LogP contribution in [0.25, 0.3) is 0 Å². The number of carbonyl (C=O) groups is 2. The molecule has 0 unspecified atom stereocenters. The third-order valence-corrected chi connectivity index (χ3v) is 3.16. The van der Waals surface area contributed by atoms with Gasteiger partial charge < -0.3 is 10.1 Å². The highest BCUT2D eigenvalue weighted by atomic mass is 16.5. The van der Waals surface area contributed by atoms with Gasteiger partial charge in [-0.2, -0.15) is 5.26 Å². The van der Waals surface area contributed by atoms with Crippen molar-refractivity contribution in [2.75, 3.05) is 6.61 Å². The zero-order chi connectivity index (χ0) is 13.8. The summed E-state index contributed by atoms with van der Waals surface area (Å²) in [7, 11) is 0. The fourth-order valence-corrected chi connectivity index (χ4v) is 2.33. The zero-order valence-electron chi connectivity index (χ0n) is 10.5. The summed E-state index contributed by atoms with van der Waals surface area (Å²) in [6.07, 6.45) is 0. The van der Waals surface area contributed by atoms with Crippen LogP contribution in [0.1, 0.15) is 18.4 Å². The molecule has 0 saturated carbocycles. The molecule has 1 fully saturated rings. The zero-order valence-corrected chi connectivity index (χ0v) is 10.5. The van der Waals surface area contributed by atoms with Crippen molar-refractivity contribution in [3.05, 3.63) is 35.9 Å². The normalized spacial score (nSPS) is 25.5. The van der Waals surface area contributed by atoms with Crippen LogP contribution in [0.15, 0.2) is 30.3 Å². The highest BCUT2D eigenvalue weighted by Crippen LogP contribution is 2.33. The molecule has 0 bridgehead atoms. The number of nitriles is 1. The molecule has 1 amide bonds. The largest absolute Gasteiger partial charge is 0.464 e. The Hall–Kier alpha value is -2.35. The van der Waals surface area contributed by atoms with Gasteiger partial charge in [0, 0.05) is 5.92 Å². The second-order valence-electron chi connectivity index (χ2n) is 4.28. The molecule has 1 aromatic rings. The first-order valence-electron chi connectivity index (χ1n) is 6.10. The Morgan fingerprint density at radius 1 is 1.42 bits per heavy atom. The van der Waals surface area contributed by atoms with Crippen LogP contribution in [0.2, 0.25) is 0 Å². The molecular formula is C14H14N2O3. The molecule has 1 saturated heterocycles. The molecule has 1 aliphatic heterocycles. The summed E-state index contributed by atoms with van der Waals surface area (Å²) in [5, 5.41) is 11.7. The van der Waals surface area contributed by atoms with Crippen molar-refractivity contribution >= 4 is 11.9 Å². The fourth-order valence-electron chi connectivity index (χ4n) is 2.33. The summed E-state index contributed by atoms with van der Waals surface area (Å²) < 4.78 is 4.96. The van der Waals surface area contributed by atoms with Gasteiger partial charge in [-0.25, -0.2) is 4.79 Å². The number of hydrogen-bond acceptors (Lipinski definition) is 4. The molecule has 19 heavy (non-hydrogen) atoms. The van der Waals surface area contributed by atoms with Crippen molar-refractivity contribution < 1.29 is 14.3 Å². The Labute approximate surface area is 111 Å². The molecule has 0 aliphatic carbocycles. The van der Waals surface area contributed by atoms with Crippen molar-refractivity contribution in [2.45, 2.75) is 18.9 Å². The van der Waals surface area contributed by atoms with Gasteiger partial charge in [0.25, 0.3) is 0 Å². The predicted molar refractivity (Wildman–Crippen MR) is 66.8 cm³/mol. The molecule has 1 aromatic carbocycles. The van der Waals surface area contributed by atoms with Crippen LogP contribution < -0.4 is 5.32 Å². The van der Waals surface area contributed by atoms with E-state index in [4.69, 9.17) is 10.00 Å². The maximum atomic E-state index is 11.9. The Bertz CT molecular complexity index is 521. The van der Waals surface area contributed by atoms with E-state index in [1.807, 2.05) is 36.4 Å². The molecule has 5 heteroatoms. The highest BCUT2D eigenvalue weighted by Gasteiger charge is 2.47. The summed E-state index contributed by atoms with van der Waals surface area (Å²) >= 11 is 0. The topological polar surface area (TPSA) is 79.2 Å². The predicted octanol–water partition coefficient (Wildman–Crippen LogP) is 0.971. The molecule has 1 aliphatic rings. The maximum Gasteiger partial charge on any atom is 0.329 e. The van der Waals surface area contributed by atoms with E-state index in [2.05, 4.69) is 5.32 Å². The minimum absolute atomic E-state index is 0.240. The Balaban J connectivity index is 2.36. The summed E-state index contributed by atoms with van der Waals surface area (Å²) in [4.78, 5) is 23.7. The number of benzene rings is 1. The SMILES string of the molecule is CCOC(=O)[C@@H]1NC(=O)[C@@H](C#N)[C@H]1c1ccccc1. The van der Waals surface area contributed by atoms with Gasteiger partial charge in [-0.1, -0.05) is 30.3 Å². The molecule has 2 rings (SSSR count). The van der Waals surface area contributed by atoms with Gasteiger partial charge in [-0.3, -0.25) is 4.79 Å². The maximum absolute atomic E-state index is 11.9. The molecule has 5 nitrogen and oxygen atoms in total. The average Bonchev–Trinajstić information content (AvgIpc) is 2.77. The lowest BCUT2D eigenvalue weighted by Gasteiger charge is -2.18. The van der Waals surface area contributed by atoms with Crippen LogP contribution in [-0.4, -0.2) is 24.5 Å². The third kappa shape index (κ3) is 2.43. The molecule has 1 heterocycles. The minimum Gasteiger partial charge on any atom is -0.464 e. The van der Waals surface area contributed by atoms with Gasteiger partial charge in [0.15, 0.2) is 0 Å². The second-order valence-corrected chi connectivity index (χ2v) is 4.28. The number of hydrogen-bond donors (Lipinski definition) is 1. The van der Waals surface area contributed by atoms with Gasteiger partial charge in [0.1, 0.15) is 12.0 Å². The first kappa shape index (κ1) is 13.1. The number of nitrogens with one attached hydrogen (secondary N) is 1. The van der Waals surface area contributed by atoms with Crippen LogP contribution in [-0.2, 0) is 14.3 Å². The molecule has 98 valence electrons. The lowest BCUT2D eigenvalue weighted by molar-refractivity contribution is -0.146. The number of ether oxygens (including phenoxy) is 1. The van der Waals surface area contributed by atoms with Crippen LogP contribution in [0, 0.1) is 17.2 Å². The second kappa shape index (κ2) is 5.53. The van der Waals surface area contributed by atoms with E-state index in [0.717, 1.165) is 5.56 Å². The van der Waals surface area contributed by atoms with Gasteiger partial charge in [-0.05, 0) is 12.5 Å². The number of esters is 1. The van der Waals surface area contributed by atoms with Crippen LogP contribution >= 0.6 is 0 Å². The first-order valence-corrected chi connectivity index (χ1v) is 6.10. The number of rotatable bonds is 3. The van der Waals surface area contributed by atoms with Crippen LogP contribution in [0.4, 0.5) is 0 Å². The van der Waals surface area contributed by atoms with Crippen LogP contribution in [0.5, 0.6) is 0 Å². The van der Waals surface area contributed by atoms with E-state index >= 15 is 0 Å². The van der Waals surface area contributed by atoms with Gasteiger partial charge >= 0.3 is 5.97 Å². The van der Waals surface area contributed by atoms with E-state index < -0.39 is 29.8 Å². The van der Waals surface area contributed by atoms with E-state index in [0.29, 0.717) is 0 Å². The monoisotopic (exact) mass is 258 g/mol. The van der Waals surface area contributed by atoms with Crippen molar-refractivity contribution in [1.29, 1.82) is 5.26 Å². The van der Waals surface area contributed by atoms with Gasteiger partial charge in [0.05, 0.1) is 12.7 Å². The lowest BCUT2D eigenvalue weighted by atomic mass is 9.85. The molecule has 3 atom stereocenters. The van der Waals surface area contributed by atoms with Crippen molar-refractivity contribution in [3.63, 3.8) is 0 Å². The van der Waals surface area contributed by atoms with E-state index in [-0.39, 0.29) is 6.61 Å². The Morgan fingerprint density at radius 3 is 2.68 bits per heavy atom. The summed E-state index contributed by atoms with van der Waals surface area (Å²) in [6, 6.07) is 10.3. The molecule has 0 spiro atoms. The smallest absolute Gasteiger partial charge is 0.329 e. The molecule has 1 N–H and O–H groups in total. The van der Waals surface area contributed by atoms with E-state index in [1.165, 1.54) is 0 Å². The molecule has 0 radical (unpaired) electrons. The Morgan fingerprint density at radius 2 is 2.11 bits per heavy atom. The van der Waals surface area contributed by atoms with E-state index in [9.17, 15) is 9.59 Å². The van der Waals surface area contributed by atoms with Crippen molar-refractivity contribution in [3.8, 4) is 6.07 Å². The summed E-state index contributed by atoms with van der Waals surface area (Å²) in [6.45, 7) is 1.94. The molecule has 0 aromatic heterocycles. The minimum atomic E-state index is -0.864. The van der Waals surface area contributed by atoms with Gasteiger partial charge in [0.2, 0.25) is 5.91 Å². The number of carbonyl (C=O) groups excluding carboxylic acids is 2. The molecular weight excluding hydrogens is 244 g/mol. The van der Waals surface area contributed by atoms with Crippen molar-refractivity contribution in [1.82, 2.24) is 5.32 Å². The third-order valence-electron chi connectivity index (χ3n) is 3.16. The quantitative estimate of drug-likeness (QED) is 0.819. The van der Waals surface area contributed by atoms with Crippen molar-refractivity contribution in [2.24, 2.45) is 5.92 Å².